The highest BCUT2D eigenvalue weighted by molar-refractivity contribution is 5.59. The minimum atomic E-state index is 0.446. The summed E-state index contributed by atoms with van der Waals surface area (Å²) in [5.74, 6) is 1.49. The lowest BCUT2D eigenvalue weighted by molar-refractivity contribution is 0.859. The molecule has 2 aromatic heterocycles. The van der Waals surface area contributed by atoms with E-state index in [0.717, 1.165) is 22.8 Å². The molecular weight excluding hydrogens is 238 g/mol. The van der Waals surface area contributed by atoms with E-state index in [0.29, 0.717) is 12.3 Å². The summed E-state index contributed by atoms with van der Waals surface area (Å²) in [5, 5.41) is 3.26. The molecule has 0 aliphatic heterocycles. The van der Waals surface area contributed by atoms with Gasteiger partial charge in [0.25, 0.3) is 5.78 Å². The Morgan fingerprint density at radius 2 is 1.95 bits per heavy atom. The average molecular weight is 255 g/mol. The van der Waals surface area contributed by atoms with Crippen LogP contribution >= 0.6 is 0 Å². The topological polar surface area (TPSA) is 72.0 Å². The summed E-state index contributed by atoms with van der Waals surface area (Å²) in [4.78, 5) is 8.93. The Morgan fingerprint density at radius 3 is 2.63 bits per heavy atom. The molecular formula is C14H17N5. The van der Waals surface area contributed by atoms with Gasteiger partial charge in [-0.3, -0.25) is 5.10 Å². The van der Waals surface area contributed by atoms with Crippen molar-refractivity contribution < 1.29 is 0 Å². The zero-order valence-electron chi connectivity index (χ0n) is 11.4. The molecule has 0 radical (unpaired) electrons. The summed E-state index contributed by atoms with van der Waals surface area (Å²) in [6.45, 7) is 6.59. The Kier molecular flexibility index (Phi) is 2.64. The van der Waals surface area contributed by atoms with E-state index >= 15 is 0 Å². The summed E-state index contributed by atoms with van der Waals surface area (Å²) in [6, 6.07) is 6.29. The molecule has 98 valence electrons. The monoisotopic (exact) mass is 255 g/mol. The molecule has 0 atom stereocenters. The zero-order chi connectivity index (χ0) is 13.6. The Labute approximate surface area is 111 Å². The number of rotatable bonds is 2. The SMILES string of the molecule is Cc1ccc(-c2nc3nc(C)c(CN)n3[nH]2)cc1C. The van der Waals surface area contributed by atoms with Crippen LogP contribution in [0.15, 0.2) is 18.2 Å². The fourth-order valence-electron chi connectivity index (χ4n) is 2.23. The number of fused-ring (bicyclic) bond motifs is 1. The molecule has 0 aliphatic rings. The van der Waals surface area contributed by atoms with Crippen molar-refractivity contribution in [3.05, 3.63) is 40.7 Å². The first-order chi connectivity index (χ1) is 9.10. The van der Waals surface area contributed by atoms with Crippen LogP contribution in [0.25, 0.3) is 17.2 Å². The third-order valence-electron chi connectivity index (χ3n) is 3.56. The summed E-state index contributed by atoms with van der Waals surface area (Å²) < 4.78 is 1.86. The predicted molar refractivity (Wildman–Crippen MR) is 74.9 cm³/mol. The second kappa shape index (κ2) is 4.20. The van der Waals surface area contributed by atoms with Crippen LogP contribution in [-0.4, -0.2) is 19.6 Å². The molecule has 5 heteroatoms. The smallest absolute Gasteiger partial charge is 0.251 e. The summed E-state index contributed by atoms with van der Waals surface area (Å²) in [7, 11) is 0. The molecule has 3 N–H and O–H groups in total. The van der Waals surface area contributed by atoms with Crippen LogP contribution in [0.3, 0.4) is 0 Å². The number of aromatic amines is 1. The molecule has 19 heavy (non-hydrogen) atoms. The van der Waals surface area contributed by atoms with E-state index in [1.807, 2.05) is 11.4 Å². The van der Waals surface area contributed by atoms with Crippen LogP contribution in [-0.2, 0) is 6.54 Å². The van der Waals surface area contributed by atoms with E-state index in [-0.39, 0.29) is 0 Å². The van der Waals surface area contributed by atoms with Gasteiger partial charge in [-0.1, -0.05) is 12.1 Å². The van der Waals surface area contributed by atoms with E-state index in [2.05, 4.69) is 47.1 Å². The Hall–Kier alpha value is -2.14. The van der Waals surface area contributed by atoms with E-state index < -0.39 is 0 Å². The van der Waals surface area contributed by atoms with Crippen molar-refractivity contribution in [3.63, 3.8) is 0 Å². The van der Waals surface area contributed by atoms with Crippen molar-refractivity contribution in [2.45, 2.75) is 27.3 Å². The summed E-state index contributed by atoms with van der Waals surface area (Å²) in [5.41, 5.74) is 11.2. The minimum Gasteiger partial charge on any atom is -0.325 e. The van der Waals surface area contributed by atoms with Crippen LogP contribution < -0.4 is 5.73 Å². The highest BCUT2D eigenvalue weighted by atomic mass is 15.3. The molecule has 0 fully saturated rings. The molecule has 0 unspecified atom stereocenters. The molecule has 3 aromatic rings. The molecule has 0 aliphatic carbocycles. The predicted octanol–water partition coefficient (Wildman–Crippen LogP) is 2.11. The van der Waals surface area contributed by atoms with Gasteiger partial charge in [0.1, 0.15) is 0 Å². The number of aromatic nitrogens is 4. The zero-order valence-corrected chi connectivity index (χ0v) is 11.4. The first-order valence-electron chi connectivity index (χ1n) is 6.32. The van der Waals surface area contributed by atoms with Gasteiger partial charge >= 0.3 is 0 Å². The third kappa shape index (κ3) is 1.82. The number of hydrogen-bond donors (Lipinski definition) is 2. The number of nitrogens with one attached hydrogen (secondary N) is 1. The van der Waals surface area contributed by atoms with Gasteiger partial charge in [0.2, 0.25) is 0 Å². The van der Waals surface area contributed by atoms with Gasteiger partial charge in [-0.05, 0) is 38.0 Å². The summed E-state index contributed by atoms with van der Waals surface area (Å²) >= 11 is 0. The minimum absolute atomic E-state index is 0.446. The van der Waals surface area contributed by atoms with E-state index in [4.69, 9.17) is 5.73 Å². The summed E-state index contributed by atoms with van der Waals surface area (Å²) in [6.07, 6.45) is 0. The van der Waals surface area contributed by atoms with Crippen LogP contribution in [0.2, 0.25) is 0 Å². The number of nitrogens with two attached hydrogens (primary N) is 1. The largest absolute Gasteiger partial charge is 0.325 e. The van der Waals surface area contributed by atoms with Gasteiger partial charge in [-0.2, -0.15) is 4.98 Å². The molecule has 3 rings (SSSR count). The number of aryl methyl sites for hydroxylation is 3. The van der Waals surface area contributed by atoms with Crippen LogP contribution in [0.1, 0.15) is 22.5 Å². The average Bonchev–Trinajstić information content (AvgIpc) is 2.89. The van der Waals surface area contributed by atoms with Crippen LogP contribution in [0, 0.1) is 20.8 Å². The lowest BCUT2D eigenvalue weighted by atomic mass is 10.1. The van der Waals surface area contributed by atoms with Gasteiger partial charge in [0.15, 0.2) is 5.82 Å². The molecule has 0 spiro atoms. The molecule has 0 saturated heterocycles. The first kappa shape index (κ1) is 11.9. The highest BCUT2D eigenvalue weighted by Crippen LogP contribution is 2.20. The van der Waals surface area contributed by atoms with Gasteiger partial charge in [0, 0.05) is 12.1 Å². The molecule has 2 heterocycles. The van der Waals surface area contributed by atoms with Gasteiger partial charge < -0.3 is 5.73 Å². The highest BCUT2D eigenvalue weighted by Gasteiger charge is 2.12. The molecule has 5 nitrogen and oxygen atoms in total. The third-order valence-corrected chi connectivity index (χ3v) is 3.56. The maximum atomic E-state index is 5.74. The van der Waals surface area contributed by atoms with Crippen molar-refractivity contribution >= 4 is 5.78 Å². The number of imidazole rings is 1. The van der Waals surface area contributed by atoms with Gasteiger partial charge in [0.05, 0.1) is 11.4 Å². The first-order valence-corrected chi connectivity index (χ1v) is 6.32. The quantitative estimate of drug-likeness (QED) is 0.736. The second-order valence-corrected chi connectivity index (χ2v) is 4.85. The number of benzene rings is 1. The fraction of sp³-hybridized carbons (Fsp3) is 0.286. The number of H-pyrrole nitrogens is 1. The Morgan fingerprint density at radius 1 is 1.16 bits per heavy atom. The van der Waals surface area contributed by atoms with Crippen molar-refractivity contribution in [1.29, 1.82) is 0 Å². The van der Waals surface area contributed by atoms with E-state index in [9.17, 15) is 0 Å². The molecule has 0 saturated carbocycles. The number of hydrogen-bond acceptors (Lipinski definition) is 3. The molecule has 0 bridgehead atoms. The number of nitrogens with zero attached hydrogens (tertiary/aromatic N) is 3. The maximum absolute atomic E-state index is 5.74. The lowest BCUT2D eigenvalue weighted by Gasteiger charge is -2.02. The Balaban J connectivity index is 2.15. The normalized spacial score (nSPS) is 11.4. The van der Waals surface area contributed by atoms with Crippen LogP contribution in [0.4, 0.5) is 0 Å². The maximum Gasteiger partial charge on any atom is 0.251 e. The van der Waals surface area contributed by atoms with Gasteiger partial charge in [-0.15, -0.1) is 0 Å². The van der Waals surface area contributed by atoms with E-state index in [1.54, 1.807) is 0 Å². The van der Waals surface area contributed by atoms with E-state index in [1.165, 1.54) is 11.1 Å². The lowest BCUT2D eigenvalue weighted by Crippen LogP contribution is -2.03. The van der Waals surface area contributed by atoms with Crippen molar-refractivity contribution in [2.75, 3.05) is 0 Å². The second-order valence-electron chi connectivity index (χ2n) is 4.85. The van der Waals surface area contributed by atoms with Crippen LogP contribution in [0.5, 0.6) is 0 Å². The fourth-order valence-corrected chi connectivity index (χ4v) is 2.23. The van der Waals surface area contributed by atoms with Gasteiger partial charge in [-0.25, -0.2) is 9.50 Å². The Bertz CT molecular complexity index is 751. The molecule has 1 aromatic carbocycles. The van der Waals surface area contributed by atoms with Crippen molar-refractivity contribution in [2.24, 2.45) is 5.73 Å². The standard InChI is InChI=1S/C14H17N5/c1-8-4-5-11(6-9(8)2)13-17-14-16-10(3)12(7-15)19(14)18-13/h4-6H,7,15H2,1-3H3,(H,16,17,18). The molecule has 0 amide bonds. The van der Waals surface area contributed by atoms with Crippen molar-refractivity contribution in [3.8, 4) is 11.4 Å². The van der Waals surface area contributed by atoms with Crippen molar-refractivity contribution in [1.82, 2.24) is 19.6 Å².